The number of hydrogen-bond donors (Lipinski definition) is 1. The SMILES string of the molecule is CC(=O)n1c(C)cc2cc(CN)ccc21. The third-order valence-electron chi connectivity index (χ3n) is 2.60. The molecule has 3 heteroatoms. The first-order chi connectivity index (χ1) is 7.13. The molecule has 0 aliphatic rings. The Balaban J connectivity index is 2.74. The van der Waals surface area contributed by atoms with E-state index in [1.165, 1.54) is 0 Å². The van der Waals surface area contributed by atoms with Gasteiger partial charge in [0, 0.05) is 24.5 Å². The Kier molecular flexibility index (Phi) is 2.32. The van der Waals surface area contributed by atoms with Crippen LogP contribution >= 0.6 is 0 Å². The van der Waals surface area contributed by atoms with Crippen molar-refractivity contribution in [2.45, 2.75) is 20.4 Å². The average molecular weight is 202 g/mol. The molecule has 0 unspecified atom stereocenters. The zero-order chi connectivity index (χ0) is 11.0. The monoisotopic (exact) mass is 202 g/mol. The Morgan fingerprint density at radius 1 is 1.40 bits per heavy atom. The summed E-state index contributed by atoms with van der Waals surface area (Å²) in [5.41, 5.74) is 8.58. The summed E-state index contributed by atoms with van der Waals surface area (Å²) in [7, 11) is 0. The van der Waals surface area contributed by atoms with Gasteiger partial charge >= 0.3 is 0 Å². The molecule has 0 amide bonds. The lowest BCUT2D eigenvalue weighted by molar-refractivity contribution is 0.0940. The van der Waals surface area contributed by atoms with Crippen LogP contribution in [0.3, 0.4) is 0 Å². The van der Waals surface area contributed by atoms with Crippen LogP contribution in [0.1, 0.15) is 23.0 Å². The van der Waals surface area contributed by atoms with Crippen LogP contribution in [-0.2, 0) is 6.54 Å². The van der Waals surface area contributed by atoms with E-state index < -0.39 is 0 Å². The van der Waals surface area contributed by atoms with E-state index in [9.17, 15) is 4.79 Å². The maximum Gasteiger partial charge on any atom is 0.228 e. The fourth-order valence-corrected chi connectivity index (χ4v) is 1.95. The van der Waals surface area contributed by atoms with Crippen LogP contribution in [0.5, 0.6) is 0 Å². The van der Waals surface area contributed by atoms with Gasteiger partial charge in [-0.2, -0.15) is 0 Å². The highest BCUT2D eigenvalue weighted by molar-refractivity contribution is 5.93. The van der Waals surface area contributed by atoms with Gasteiger partial charge in [-0.25, -0.2) is 0 Å². The van der Waals surface area contributed by atoms with Crippen LogP contribution in [0.2, 0.25) is 0 Å². The average Bonchev–Trinajstić information content (AvgIpc) is 2.52. The van der Waals surface area contributed by atoms with Crippen molar-refractivity contribution in [1.82, 2.24) is 4.57 Å². The van der Waals surface area contributed by atoms with E-state index in [0.717, 1.165) is 22.2 Å². The summed E-state index contributed by atoms with van der Waals surface area (Å²) in [6.45, 7) is 4.03. The van der Waals surface area contributed by atoms with Gasteiger partial charge in [-0.15, -0.1) is 0 Å². The first kappa shape index (κ1) is 9.93. The maximum atomic E-state index is 11.4. The molecule has 0 aliphatic heterocycles. The molecule has 0 fully saturated rings. The summed E-state index contributed by atoms with van der Waals surface area (Å²) in [6, 6.07) is 7.95. The van der Waals surface area contributed by atoms with E-state index in [1.807, 2.05) is 31.2 Å². The van der Waals surface area contributed by atoms with E-state index in [4.69, 9.17) is 5.73 Å². The Morgan fingerprint density at radius 2 is 2.13 bits per heavy atom. The molecule has 0 aliphatic carbocycles. The van der Waals surface area contributed by atoms with Crippen LogP contribution in [-0.4, -0.2) is 10.5 Å². The van der Waals surface area contributed by atoms with Crippen molar-refractivity contribution in [1.29, 1.82) is 0 Å². The fraction of sp³-hybridized carbons (Fsp3) is 0.250. The van der Waals surface area contributed by atoms with E-state index >= 15 is 0 Å². The molecule has 0 saturated heterocycles. The number of rotatable bonds is 1. The van der Waals surface area contributed by atoms with Gasteiger partial charge in [-0.3, -0.25) is 9.36 Å². The summed E-state index contributed by atoms with van der Waals surface area (Å²) in [5.74, 6) is 0.0444. The molecule has 2 N–H and O–H groups in total. The highest BCUT2D eigenvalue weighted by Crippen LogP contribution is 2.20. The first-order valence-electron chi connectivity index (χ1n) is 4.95. The van der Waals surface area contributed by atoms with Crippen molar-refractivity contribution in [3.05, 3.63) is 35.5 Å². The molecule has 0 radical (unpaired) electrons. The molecule has 1 aromatic carbocycles. The highest BCUT2D eigenvalue weighted by atomic mass is 16.1. The van der Waals surface area contributed by atoms with Gasteiger partial charge in [-0.05, 0) is 30.7 Å². The zero-order valence-electron chi connectivity index (χ0n) is 8.95. The van der Waals surface area contributed by atoms with Gasteiger partial charge in [0.2, 0.25) is 5.91 Å². The summed E-state index contributed by atoms with van der Waals surface area (Å²) >= 11 is 0. The lowest BCUT2D eigenvalue weighted by atomic mass is 10.1. The number of nitrogens with zero attached hydrogens (tertiary/aromatic N) is 1. The number of nitrogens with two attached hydrogens (primary N) is 1. The van der Waals surface area contributed by atoms with Gasteiger partial charge in [-0.1, -0.05) is 6.07 Å². The predicted octanol–water partition coefficient (Wildman–Crippen LogP) is 2.07. The Bertz CT molecular complexity index is 526. The topological polar surface area (TPSA) is 48.0 Å². The van der Waals surface area contributed by atoms with Gasteiger partial charge < -0.3 is 5.73 Å². The van der Waals surface area contributed by atoms with Crippen LogP contribution in [0.25, 0.3) is 10.9 Å². The molecule has 78 valence electrons. The second kappa shape index (κ2) is 3.51. The number of fused-ring (bicyclic) bond motifs is 1. The standard InChI is InChI=1S/C12H14N2O/c1-8-5-11-6-10(7-13)3-4-12(11)14(8)9(2)15/h3-6H,7,13H2,1-2H3. The summed E-state index contributed by atoms with van der Waals surface area (Å²) in [6.07, 6.45) is 0. The summed E-state index contributed by atoms with van der Waals surface area (Å²) in [4.78, 5) is 11.4. The summed E-state index contributed by atoms with van der Waals surface area (Å²) < 4.78 is 1.72. The summed E-state index contributed by atoms with van der Waals surface area (Å²) in [5, 5.41) is 1.07. The van der Waals surface area contributed by atoms with Gasteiger partial charge in [0.05, 0.1) is 5.52 Å². The van der Waals surface area contributed by atoms with Crippen LogP contribution in [0, 0.1) is 6.92 Å². The number of aromatic nitrogens is 1. The molecular formula is C12H14N2O. The van der Waals surface area contributed by atoms with Crippen LogP contribution in [0.4, 0.5) is 0 Å². The maximum absolute atomic E-state index is 11.4. The van der Waals surface area contributed by atoms with Crippen molar-refractivity contribution >= 4 is 16.8 Å². The molecule has 2 aromatic rings. The molecule has 0 atom stereocenters. The van der Waals surface area contributed by atoms with E-state index in [1.54, 1.807) is 11.5 Å². The largest absolute Gasteiger partial charge is 0.326 e. The Morgan fingerprint density at radius 3 is 2.73 bits per heavy atom. The van der Waals surface area contributed by atoms with Crippen molar-refractivity contribution in [3.63, 3.8) is 0 Å². The lowest BCUT2D eigenvalue weighted by Gasteiger charge is -2.02. The van der Waals surface area contributed by atoms with E-state index in [0.29, 0.717) is 6.54 Å². The van der Waals surface area contributed by atoms with Crippen molar-refractivity contribution in [2.24, 2.45) is 5.73 Å². The Labute approximate surface area is 88.5 Å². The van der Waals surface area contributed by atoms with Gasteiger partial charge in [0.15, 0.2) is 0 Å². The van der Waals surface area contributed by atoms with Crippen molar-refractivity contribution in [2.75, 3.05) is 0 Å². The molecule has 15 heavy (non-hydrogen) atoms. The second-order valence-electron chi connectivity index (χ2n) is 3.74. The first-order valence-corrected chi connectivity index (χ1v) is 4.95. The number of benzene rings is 1. The normalized spacial score (nSPS) is 10.9. The minimum atomic E-state index is 0.0444. The molecule has 0 saturated carbocycles. The smallest absolute Gasteiger partial charge is 0.228 e. The fourth-order valence-electron chi connectivity index (χ4n) is 1.95. The number of hydrogen-bond acceptors (Lipinski definition) is 2. The number of aryl methyl sites for hydroxylation is 1. The minimum absolute atomic E-state index is 0.0444. The van der Waals surface area contributed by atoms with Crippen molar-refractivity contribution < 1.29 is 4.79 Å². The van der Waals surface area contributed by atoms with Gasteiger partial charge in [0.25, 0.3) is 0 Å². The third kappa shape index (κ3) is 1.55. The molecule has 1 aromatic heterocycles. The molecule has 0 bridgehead atoms. The second-order valence-corrected chi connectivity index (χ2v) is 3.74. The third-order valence-corrected chi connectivity index (χ3v) is 2.60. The zero-order valence-corrected chi connectivity index (χ0v) is 8.95. The number of carbonyl (C=O) groups excluding carboxylic acids is 1. The lowest BCUT2D eigenvalue weighted by Crippen LogP contribution is -2.06. The molecule has 1 heterocycles. The van der Waals surface area contributed by atoms with Gasteiger partial charge in [0.1, 0.15) is 0 Å². The predicted molar refractivity (Wildman–Crippen MR) is 60.9 cm³/mol. The quantitative estimate of drug-likeness (QED) is 0.769. The van der Waals surface area contributed by atoms with E-state index in [2.05, 4.69) is 0 Å². The minimum Gasteiger partial charge on any atom is -0.326 e. The van der Waals surface area contributed by atoms with Crippen LogP contribution < -0.4 is 5.73 Å². The molecule has 2 rings (SSSR count). The molecular weight excluding hydrogens is 188 g/mol. The highest BCUT2D eigenvalue weighted by Gasteiger charge is 2.08. The van der Waals surface area contributed by atoms with Crippen molar-refractivity contribution in [3.8, 4) is 0 Å². The Hall–Kier alpha value is -1.61. The molecule has 0 spiro atoms. The van der Waals surface area contributed by atoms with E-state index in [-0.39, 0.29) is 5.91 Å². The number of carbonyl (C=O) groups is 1. The molecule has 3 nitrogen and oxygen atoms in total. The van der Waals surface area contributed by atoms with Crippen LogP contribution in [0.15, 0.2) is 24.3 Å².